The number of nitrogen functional groups attached to an aromatic ring is 1. The SMILES string of the molecule is CCc1ccc(Oc2nn(C)cc2N)cc1.Cl. The predicted molar refractivity (Wildman–Crippen MR) is 70.8 cm³/mol. The molecule has 2 N–H and O–H groups in total. The Hall–Kier alpha value is -1.68. The van der Waals surface area contributed by atoms with E-state index in [1.54, 1.807) is 10.9 Å². The van der Waals surface area contributed by atoms with Gasteiger partial charge in [-0.1, -0.05) is 19.1 Å². The van der Waals surface area contributed by atoms with Gasteiger partial charge in [-0.2, -0.15) is 0 Å². The summed E-state index contributed by atoms with van der Waals surface area (Å²) in [4.78, 5) is 0. The lowest BCUT2D eigenvalue weighted by Gasteiger charge is -2.03. The van der Waals surface area contributed by atoms with Crippen LogP contribution in [0.15, 0.2) is 30.5 Å². The molecule has 2 aromatic rings. The number of nitrogens with zero attached hydrogens (tertiary/aromatic N) is 2. The third kappa shape index (κ3) is 3.14. The second kappa shape index (κ2) is 5.59. The molecule has 0 saturated heterocycles. The van der Waals surface area contributed by atoms with Crippen LogP contribution in [0.2, 0.25) is 0 Å². The van der Waals surface area contributed by atoms with E-state index in [2.05, 4.69) is 12.0 Å². The van der Waals surface area contributed by atoms with E-state index in [0.717, 1.165) is 12.2 Å². The molecular weight excluding hydrogens is 238 g/mol. The van der Waals surface area contributed by atoms with E-state index < -0.39 is 0 Å². The Morgan fingerprint density at radius 2 is 1.94 bits per heavy atom. The lowest BCUT2D eigenvalue weighted by Crippen LogP contribution is -1.91. The maximum absolute atomic E-state index is 5.74. The zero-order valence-electron chi connectivity index (χ0n) is 9.88. The fourth-order valence-electron chi connectivity index (χ4n) is 1.47. The van der Waals surface area contributed by atoms with Crippen molar-refractivity contribution in [2.24, 2.45) is 7.05 Å². The van der Waals surface area contributed by atoms with Crippen LogP contribution >= 0.6 is 12.4 Å². The van der Waals surface area contributed by atoms with E-state index in [-0.39, 0.29) is 12.4 Å². The first-order valence-corrected chi connectivity index (χ1v) is 5.25. The van der Waals surface area contributed by atoms with Gasteiger partial charge in [-0.15, -0.1) is 17.5 Å². The van der Waals surface area contributed by atoms with Crippen LogP contribution in [0.5, 0.6) is 11.6 Å². The number of aryl methyl sites for hydroxylation is 2. The standard InChI is InChI=1S/C12H15N3O.ClH/c1-3-9-4-6-10(7-5-9)16-12-11(13)8-15(2)14-12;/h4-8H,3,13H2,1-2H3;1H. The molecule has 0 unspecified atom stereocenters. The van der Waals surface area contributed by atoms with Gasteiger partial charge in [-0.25, -0.2) is 0 Å². The van der Waals surface area contributed by atoms with Gasteiger partial charge < -0.3 is 10.5 Å². The van der Waals surface area contributed by atoms with Gasteiger partial charge in [0.15, 0.2) is 0 Å². The zero-order valence-corrected chi connectivity index (χ0v) is 10.7. The first kappa shape index (κ1) is 13.4. The van der Waals surface area contributed by atoms with Gasteiger partial charge in [-0.3, -0.25) is 4.68 Å². The predicted octanol–water partition coefficient (Wildman–Crippen LogP) is 2.78. The quantitative estimate of drug-likeness (QED) is 0.915. The number of hydrogen-bond donors (Lipinski definition) is 1. The van der Waals surface area contributed by atoms with Crippen LogP contribution in [-0.4, -0.2) is 9.78 Å². The minimum Gasteiger partial charge on any atom is -0.436 e. The molecule has 5 heteroatoms. The first-order chi connectivity index (χ1) is 7.69. The number of benzene rings is 1. The fourth-order valence-corrected chi connectivity index (χ4v) is 1.47. The summed E-state index contributed by atoms with van der Waals surface area (Å²) >= 11 is 0. The minimum atomic E-state index is 0. The van der Waals surface area contributed by atoms with Gasteiger partial charge in [0.2, 0.25) is 0 Å². The van der Waals surface area contributed by atoms with E-state index in [1.165, 1.54) is 5.56 Å². The molecule has 2 rings (SSSR count). The highest BCUT2D eigenvalue weighted by molar-refractivity contribution is 5.85. The summed E-state index contributed by atoms with van der Waals surface area (Å²) in [7, 11) is 1.81. The summed E-state index contributed by atoms with van der Waals surface area (Å²) in [6.07, 6.45) is 2.74. The lowest BCUT2D eigenvalue weighted by molar-refractivity contribution is 0.455. The van der Waals surface area contributed by atoms with Crippen molar-refractivity contribution in [3.63, 3.8) is 0 Å². The topological polar surface area (TPSA) is 53.1 Å². The summed E-state index contributed by atoms with van der Waals surface area (Å²) < 4.78 is 7.20. The molecule has 0 radical (unpaired) electrons. The lowest BCUT2D eigenvalue weighted by atomic mass is 10.2. The maximum Gasteiger partial charge on any atom is 0.261 e. The second-order valence-electron chi connectivity index (χ2n) is 3.66. The third-order valence-electron chi connectivity index (χ3n) is 2.37. The van der Waals surface area contributed by atoms with Crippen LogP contribution in [0.25, 0.3) is 0 Å². The molecule has 0 aliphatic carbocycles. The molecule has 0 atom stereocenters. The molecule has 1 heterocycles. The molecule has 1 aromatic carbocycles. The number of ether oxygens (including phenoxy) is 1. The number of nitrogens with two attached hydrogens (primary N) is 1. The van der Waals surface area contributed by atoms with Crippen molar-refractivity contribution < 1.29 is 4.74 Å². The molecule has 0 saturated carbocycles. The Labute approximate surface area is 107 Å². The highest BCUT2D eigenvalue weighted by atomic mass is 35.5. The third-order valence-corrected chi connectivity index (χ3v) is 2.37. The number of anilines is 1. The molecule has 17 heavy (non-hydrogen) atoms. The van der Waals surface area contributed by atoms with E-state index in [4.69, 9.17) is 10.5 Å². The monoisotopic (exact) mass is 253 g/mol. The summed E-state index contributed by atoms with van der Waals surface area (Å²) in [6.45, 7) is 2.12. The fraction of sp³-hybridized carbons (Fsp3) is 0.250. The first-order valence-electron chi connectivity index (χ1n) is 5.25. The minimum absolute atomic E-state index is 0. The molecule has 0 fully saturated rings. The van der Waals surface area contributed by atoms with Crippen LogP contribution in [-0.2, 0) is 13.5 Å². The van der Waals surface area contributed by atoms with Crippen LogP contribution in [0.3, 0.4) is 0 Å². The smallest absolute Gasteiger partial charge is 0.261 e. The molecule has 0 aliphatic heterocycles. The Balaban J connectivity index is 0.00000144. The van der Waals surface area contributed by atoms with Gasteiger partial charge in [0.25, 0.3) is 5.88 Å². The average molecular weight is 254 g/mol. The Morgan fingerprint density at radius 3 is 2.41 bits per heavy atom. The van der Waals surface area contributed by atoms with E-state index >= 15 is 0 Å². The van der Waals surface area contributed by atoms with Gasteiger partial charge in [0.05, 0.1) is 6.20 Å². The molecule has 0 spiro atoms. The van der Waals surface area contributed by atoms with Gasteiger partial charge >= 0.3 is 0 Å². The molecule has 1 aromatic heterocycles. The van der Waals surface area contributed by atoms with Gasteiger partial charge in [0.1, 0.15) is 11.4 Å². The largest absolute Gasteiger partial charge is 0.436 e. The average Bonchev–Trinajstić information content (AvgIpc) is 2.59. The molecule has 0 amide bonds. The van der Waals surface area contributed by atoms with Crippen molar-refractivity contribution >= 4 is 18.1 Å². The van der Waals surface area contributed by atoms with Crippen molar-refractivity contribution in [2.45, 2.75) is 13.3 Å². The van der Waals surface area contributed by atoms with E-state index in [0.29, 0.717) is 11.6 Å². The highest BCUT2D eigenvalue weighted by Gasteiger charge is 2.06. The van der Waals surface area contributed by atoms with Crippen molar-refractivity contribution in [3.8, 4) is 11.6 Å². The summed E-state index contributed by atoms with van der Waals surface area (Å²) in [5.41, 5.74) is 7.56. The molecule has 92 valence electrons. The highest BCUT2D eigenvalue weighted by Crippen LogP contribution is 2.25. The van der Waals surface area contributed by atoms with Crippen molar-refractivity contribution in [1.82, 2.24) is 9.78 Å². The molecular formula is C12H16ClN3O. The van der Waals surface area contributed by atoms with Crippen LogP contribution < -0.4 is 10.5 Å². The summed E-state index contributed by atoms with van der Waals surface area (Å²) in [5.74, 6) is 1.20. The Bertz CT molecular complexity index is 479. The molecule has 0 aliphatic rings. The molecule has 0 bridgehead atoms. The van der Waals surface area contributed by atoms with Crippen molar-refractivity contribution in [2.75, 3.05) is 5.73 Å². The van der Waals surface area contributed by atoms with Crippen molar-refractivity contribution in [1.29, 1.82) is 0 Å². The van der Waals surface area contributed by atoms with Gasteiger partial charge in [-0.05, 0) is 24.1 Å². The Kier molecular flexibility index (Phi) is 4.40. The van der Waals surface area contributed by atoms with Crippen LogP contribution in [0, 0.1) is 0 Å². The zero-order chi connectivity index (χ0) is 11.5. The van der Waals surface area contributed by atoms with E-state index in [9.17, 15) is 0 Å². The van der Waals surface area contributed by atoms with Crippen LogP contribution in [0.1, 0.15) is 12.5 Å². The number of hydrogen-bond acceptors (Lipinski definition) is 3. The van der Waals surface area contributed by atoms with E-state index in [1.807, 2.05) is 31.3 Å². The number of aromatic nitrogens is 2. The summed E-state index contributed by atoms with van der Waals surface area (Å²) in [6, 6.07) is 7.92. The van der Waals surface area contributed by atoms with Crippen LogP contribution in [0.4, 0.5) is 5.69 Å². The van der Waals surface area contributed by atoms with Gasteiger partial charge in [0, 0.05) is 7.05 Å². The second-order valence-corrected chi connectivity index (χ2v) is 3.66. The Morgan fingerprint density at radius 1 is 1.29 bits per heavy atom. The summed E-state index contributed by atoms with van der Waals surface area (Å²) in [5, 5.41) is 4.12. The van der Waals surface area contributed by atoms with Crippen molar-refractivity contribution in [3.05, 3.63) is 36.0 Å². The maximum atomic E-state index is 5.74. The number of halogens is 1. The molecule has 4 nitrogen and oxygen atoms in total. The normalized spacial score (nSPS) is 9.76. The number of rotatable bonds is 3.